The van der Waals surface area contributed by atoms with Crippen LogP contribution in [0.2, 0.25) is 0 Å². The second-order valence-corrected chi connectivity index (χ2v) is 5.81. The highest BCUT2D eigenvalue weighted by atomic mass is 15.1. The van der Waals surface area contributed by atoms with Gasteiger partial charge in [-0.15, -0.1) is 0 Å². The van der Waals surface area contributed by atoms with Crippen LogP contribution in [0, 0.1) is 0 Å². The molecule has 20 heavy (non-hydrogen) atoms. The number of hydrogen-bond acceptors (Lipinski definition) is 1. The molecule has 0 saturated heterocycles. The van der Waals surface area contributed by atoms with E-state index in [0.717, 1.165) is 0 Å². The van der Waals surface area contributed by atoms with E-state index in [2.05, 4.69) is 56.0 Å². The maximum absolute atomic E-state index is 2.73. The largest absolute Gasteiger partial charge is 0.296 e. The van der Waals surface area contributed by atoms with Gasteiger partial charge in [-0.25, -0.2) is 0 Å². The first-order chi connectivity index (χ1) is 9.83. The van der Waals surface area contributed by atoms with Gasteiger partial charge in [-0.3, -0.25) is 4.90 Å². The maximum Gasteiger partial charge on any atom is 0.0348 e. The van der Waals surface area contributed by atoms with Crippen molar-refractivity contribution in [1.82, 2.24) is 4.90 Å². The number of rotatable bonds is 11. The Labute approximate surface area is 126 Å². The van der Waals surface area contributed by atoms with Crippen LogP contribution in [0.25, 0.3) is 0 Å². The average molecular weight is 275 g/mol. The normalized spacial score (nSPS) is 12.8. The Balaban J connectivity index is 2.79. The molecule has 1 atom stereocenters. The van der Waals surface area contributed by atoms with Crippen LogP contribution in [0.3, 0.4) is 0 Å². The summed E-state index contributed by atoms with van der Waals surface area (Å²) in [5.41, 5.74) is 1.51. The van der Waals surface area contributed by atoms with E-state index in [4.69, 9.17) is 0 Å². The van der Waals surface area contributed by atoms with Crippen molar-refractivity contribution in [3.8, 4) is 0 Å². The van der Waals surface area contributed by atoms with Gasteiger partial charge in [-0.1, -0.05) is 76.8 Å². The number of hydrogen-bond donors (Lipinski definition) is 0. The number of benzene rings is 1. The molecule has 0 saturated carbocycles. The molecule has 1 unspecified atom stereocenters. The van der Waals surface area contributed by atoms with Crippen LogP contribution in [0.5, 0.6) is 0 Å². The molecule has 0 heterocycles. The van der Waals surface area contributed by atoms with Gasteiger partial charge in [0, 0.05) is 6.04 Å². The minimum Gasteiger partial charge on any atom is -0.296 e. The summed E-state index contributed by atoms with van der Waals surface area (Å²) in [4.78, 5) is 2.73. The molecule has 1 aromatic carbocycles. The lowest BCUT2D eigenvalue weighted by Gasteiger charge is -2.32. The van der Waals surface area contributed by atoms with Crippen molar-refractivity contribution in [3.05, 3.63) is 35.9 Å². The van der Waals surface area contributed by atoms with Crippen molar-refractivity contribution in [2.45, 2.75) is 71.8 Å². The van der Waals surface area contributed by atoms with E-state index in [1.54, 1.807) is 0 Å². The van der Waals surface area contributed by atoms with Crippen LogP contribution in [0.15, 0.2) is 30.3 Å². The predicted octanol–water partition coefficient (Wildman–Crippen LogP) is 5.82. The summed E-state index contributed by atoms with van der Waals surface area (Å²) in [5, 5.41) is 0. The topological polar surface area (TPSA) is 3.24 Å². The minimum absolute atomic E-state index is 0.620. The van der Waals surface area contributed by atoms with Crippen LogP contribution >= 0.6 is 0 Å². The van der Waals surface area contributed by atoms with Gasteiger partial charge in [0.2, 0.25) is 0 Å². The Kier molecular flexibility index (Phi) is 9.40. The first-order valence-corrected chi connectivity index (χ1v) is 8.62. The monoisotopic (exact) mass is 275 g/mol. The van der Waals surface area contributed by atoms with Crippen molar-refractivity contribution in [2.75, 3.05) is 13.1 Å². The number of unbranched alkanes of at least 4 members (excludes halogenated alkanes) is 3. The zero-order valence-electron chi connectivity index (χ0n) is 13.8. The molecule has 1 nitrogen and oxygen atoms in total. The summed E-state index contributed by atoms with van der Waals surface area (Å²) in [7, 11) is 0. The molecular weight excluding hydrogens is 242 g/mol. The summed E-state index contributed by atoms with van der Waals surface area (Å²) in [6, 6.07) is 11.7. The second kappa shape index (κ2) is 10.9. The molecule has 0 amide bonds. The summed E-state index contributed by atoms with van der Waals surface area (Å²) >= 11 is 0. The molecule has 1 aromatic rings. The molecule has 0 radical (unpaired) electrons. The molecule has 0 aliphatic carbocycles. The summed E-state index contributed by atoms with van der Waals surface area (Å²) < 4.78 is 0. The third-order valence-corrected chi connectivity index (χ3v) is 4.05. The molecule has 0 bridgehead atoms. The lowest BCUT2D eigenvalue weighted by molar-refractivity contribution is 0.179. The second-order valence-electron chi connectivity index (χ2n) is 5.81. The molecule has 0 aliphatic heterocycles. The van der Waals surface area contributed by atoms with Crippen LogP contribution in [0.1, 0.15) is 77.3 Å². The van der Waals surface area contributed by atoms with E-state index >= 15 is 0 Å². The zero-order valence-corrected chi connectivity index (χ0v) is 13.8. The van der Waals surface area contributed by atoms with Gasteiger partial charge in [-0.2, -0.15) is 0 Å². The highest BCUT2D eigenvalue weighted by Crippen LogP contribution is 2.27. The Bertz CT molecular complexity index is 312. The van der Waals surface area contributed by atoms with Gasteiger partial charge < -0.3 is 0 Å². The molecule has 1 rings (SSSR count). The minimum atomic E-state index is 0.620. The third-order valence-electron chi connectivity index (χ3n) is 4.05. The van der Waals surface area contributed by atoms with Crippen LogP contribution in [-0.2, 0) is 0 Å². The quantitative estimate of drug-likeness (QED) is 0.492. The Hall–Kier alpha value is -0.820. The predicted molar refractivity (Wildman–Crippen MR) is 90.1 cm³/mol. The standard InChI is InChI=1S/C19H33N/c1-4-7-15-19(18-13-11-10-12-14-18)20(16-8-5-2)17-9-6-3/h10-14,19H,4-9,15-17H2,1-3H3. The molecule has 0 N–H and O–H groups in total. The Morgan fingerprint density at radius 3 is 1.85 bits per heavy atom. The fraction of sp³-hybridized carbons (Fsp3) is 0.684. The van der Waals surface area contributed by atoms with E-state index in [9.17, 15) is 0 Å². The van der Waals surface area contributed by atoms with Crippen LogP contribution in [0.4, 0.5) is 0 Å². The molecule has 1 heteroatoms. The first-order valence-electron chi connectivity index (χ1n) is 8.62. The van der Waals surface area contributed by atoms with Gasteiger partial charge >= 0.3 is 0 Å². The van der Waals surface area contributed by atoms with Gasteiger partial charge in [0.15, 0.2) is 0 Å². The maximum atomic E-state index is 2.73. The van der Waals surface area contributed by atoms with Gasteiger partial charge in [0.25, 0.3) is 0 Å². The molecule has 0 spiro atoms. The fourth-order valence-corrected chi connectivity index (χ4v) is 2.78. The summed E-state index contributed by atoms with van der Waals surface area (Å²) in [6.45, 7) is 9.38. The van der Waals surface area contributed by atoms with Gasteiger partial charge in [0.1, 0.15) is 0 Å². The van der Waals surface area contributed by atoms with E-state index < -0.39 is 0 Å². The number of nitrogens with zero attached hydrogens (tertiary/aromatic N) is 1. The summed E-state index contributed by atoms with van der Waals surface area (Å²) in [6.07, 6.45) is 9.13. The molecule has 0 aliphatic rings. The Morgan fingerprint density at radius 1 is 0.800 bits per heavy atom. The molecule has 0 fully saturated rings. The van der Waals surface area contributed by atoms with Crippen molar-refractivity contribution in [3.63, 3.8) is 0 Å². The molecular formula is C19H33N. The lowest BCUT2D eigenvalue weighted by atomic mass is 9.98. The van der Waals surface area contributed by atoms with E-state index in [0.29, 0.717) is 6.04 Å². The smallest absolute Gasteiger partial charge is 0.0348 e. The third kappa shape index (κ3) is 6.09. The zero-order chi connectivity index (χ0) is 14.6. The van der Waals surface area contributed by atoms with E-state index in [-0.39, 0.29) is 0 Å². The average Bonchev–Trinajstić information content (AvgIpc) is 2.50. The van der Waals surface area contributed by atoms with Crippen molar-refractivity contribution >= 4 is 0 Å². The first kappa shape index (κ1) is 17.2. The lowest BCUT2D eigenvalue weighted by Crippen LogP contribution is -2.31. The summed E-state index contributed by atoms with van der Waals surface area (Å²) in [5.74, 6) is 0. The van der Waals surface area contributed by atoms with Crippen LogP contribution in [-0.4, -0.2) is 18.0 Å². The fourth-order valence-electron chi connectivity index (χ4n) is 2.78. The highest BCUT2D eigenvalue weighted by Gasteiger charge is 2.18. The van der Waals surface area contributed by atoms with Crippen LogP contribution < -0.4 is 0 Å². The molecule has 114 valence electrons. The van der Waals surface area contributed by atoms with E-state index in [1.807, 2.05) is 0 Å². The molecule has 0 aromatic heterocycles. The van der Waals surface area contributed by atoms with Crippen molar-refractivity contribution in [1.29, 1.82) is 0 Å². The highest BCUT2D eigenvalue weighted by molar-refractivity contribution is 5.19. The van der Waals surface area contributed by atoms with Crippen molar-refractivity contribution < 1.29 is 0 Å². The van der Waals surface area contributed by atoms with E-state index in [1.165, 1.54) is 63.6 Å². The SMILES string of the molecule is CCCCC(c1ccccc1)N(CCCC)CCCC. The van der Waals surface area contributed by atoms with Crippen molar-refractivity contribution in [2.24, 2.45) is 0 Å². The Morgan fingerprint density at radius 2 is 1.35 bits per heavy atom. The van der Waals surface area contributed by atoms with Gasteiger partial charge in [-0.05, 0) is 37.9 Å². The van der Waals surface area contributed by atoms with Gasteiger partial charge in [0.05, 0.1) is 0 Å².